The van der Waals surface area contributed by atoms with E-state index in [1.54, 1.807) is 0 Å². The molecule has 0 radical (unpaired) electrons. The van der Waals surface area contributed by atoms with Crippen LogP contribution in [0.3, 0.4) is 0 Å². The number of anilines is 1. The lowest BCUT2D eigenvalue weighted by atomic mass is 10.1. The Labute approximate surface area is 131 Å². The first-order valence-corrected chi connectivity index (χ1v) is 8.72. The number of nitrogen functional groups attached to an aromatic ring is 1. The molecule has 0 amide bonds. The first-order valence-electron chi connectivity index (χ1n) is 8.72. The van der Waals surface area contributed by atoms with E-state index < -0.39 is 0 Å². The molecule has 0 bridgehead atoms. The molecule has 21 heavy (non-hydrogen) atoms. The van der Waals surface area contributed by atoms with Crippen LogP contribution in [0.4, 0.5) is 5.69 Å². The van der Waals surface area contributed by atoms with E-state index in [1.165, 1.54) is 57.1 Å². The molecule has 1 aromatic rings. The van der Waals surface area contributed by atoms with Crippen molar-refractivity contribution in [3.05, 3.63) is 29.8 Å². The van der Waals surface area contributed by atoms with E-state index in [4.69, 9.17) is 5.73 Å². The third-order valence-electron chi connectivity index (χ3n) is 4.12. The predicted octanol–water partition coefficient (Wildman–Crippen LogP) is 5.23. The zero-order valence-electron chi connectivity index (χ0n) is 14.3. The van der Waals surface area contributed by atoms with Gasteiger partial charge in [0.2, 0.25) is 0 Å². The monoisotopic (exact) mass is 290 g/mol. The lowest BCUT2D eigenvalue weighted by molar-refractivity contribution is 0.208. The highest BCUT2D eigenvalue weighted by Gasteiger charge is 2.09. The fourth-order valence-corrected chi connectivity index (χ4v) is 2.72. The lowest BCUT2D eigenvalue weighted by Gasteiger charge is -2.26. The number of unbranched alkanes of at least 4 members (excludes halogenated alkanes) is 6. The molecule has 0 fully saturated rings. The number of nitrogens with two attached hydrogens (primary N) is 1. The van der Waals surface area contributed by atoms with Gasteiger partial charge in [-0.05, 0) is 44.5 Å². The van der Waals surface area contributed by atoms with Gasteiger partial charge in [-0.15, -0.1) is 0 Å². The van der Waals surface area contributed by atoms with Crippen LogP contribution in [0.2, 0.25) is 0 Å². The highest BCUT2D eigenvalue weighted by Crippen LogP contribution is 2.14. The van der Waals surface area contributed by atoms with Gasteiger partial charge in [0.25, 0.3) is 0 Å². The van der Waals surface area contributed by atoms with Crippen molar-refractivity contribution in [2.75, 3.05) is 12.3 Å². The average Bonchev–Trinajstić information content (AvgIpc) is 2.45. The van der Waals surface area contributed by atoms with E-state index in [0.717, 1.165) is 12.2 Å². The third-order valence-corrected chi connectivity index (χ3v) is 4.12. The van der Waals surface area contributed by atoms with Crippen molar-refractivity contribution in [3.63, 3.8) is 0 Å². The molecule has 0 aliphatic rings. The molecular weight excluding hydrogens is 256 g/mol. The highest BCUT2D eigenvalue weighted by atomic mass is 15.1. The third kappa shape index (κ3) is 8.11. The summed E-state index contributed by atoms with van der Waals surface area (Å²) >= 11 is 0. The predicted molar refractivity (Wildman–Crippen MR) is 94.4 cm³/mol. The van der Waals surface area contributed by atoms with Gasteiger partial charge in [0.15, 0.2) is 0 Å². The van der Waals surface area contributed by atoms with Crippen LogP contribution in [0.1, 0.15) is 71.3 Å². The quantitative estimate of drug-likeness (QED) is 0.446. The molecule has 0 aliphatic heterocycles. The van der Waals surface area contributed by atoms with E-state index in [2.05, 4.69) is 43.9 Å². The van der Waals surface area contributed by atoms with Crippen molar-refractivity contribution in [3.8, 4) is 0 Å². The van der Waals surface area contributed by atoms with Gasteiger partial charge in [0.1, 0.15) is 0 Å². The van der Waals surface area contributed by atoms with E-state index in [9.17, 15) is 0 Å². The first-order chi connectivity index (χ1) is 10.1. The second-order valence-corrected chi connectivity index (χ2v) is 6.43. The topological polar surface area (TPSA) is 29.3 Å². The lowest BCUT2D eigenvalue weighted by Crippen LogP contribution is -2.31. The molecule has 0 aliphatic carbocycles. The molecule has 0 atom stereocenters. The Morgan fingerprint density at radius 3 is 2.29 bits per heavy atom. The second kappa shape index (κ2) is 10.7. The molecule has 0 aromatic heterocycles. The number of nitrogens with zero attached hydrogens (tertiary/aromatic N) is 1. The van der Waals surface area contributed by atoms with E-state index in [0.29, 0.717) is 6.04 Å². The largest absolute Gasteiger partial charge is 0.399 e. The second-order valence-electron chi connectivity index (χ2n) is 6.43. The molecule has 120 valence electrons. The Morgan fingerprint density at radius 2 is 1.67 bits per heavy atom. The molecule has 0 unspecified atom stereocenters. The summed E-state index contributed by atoms with van der Waals surface area (Å²) < 4.78 is 0. The van der Waals surface area contributed by atoms with Crippen LogP contribution in [-0.4, -0.2) is 17.5 Å². The molecular formula is C19H34N2. The Hall–Kier alpha value is -1.02. The van der Waals surface area contributed by atoms with Crippen molar-refractivity contribution < 1.29 is 0 Å². The fraction of sp³-hybridized carbons (Fsp3) is 0.684. The highest BCUT2D eigenvalue weighted by molar-refractivity contribution is 5.40. The summed E-state index contributed by atoms with van der Waals surface area (Å²) in [4.78, 5) is 2.56. The minimum absolute atomic E-state index is 0.589. The summed E-state index contributed by atoms with van der Waals surface area (Å²) in [5.74, 6) is 0. The van der Waals surface area contributed by atoms with Crippen LogP contribution >= 0.6 is 0 Å². The van der Waals surface area contributed by atoms with Crippen molar-refractivity contribution >= 4 is 5.69 Å². The summed E-state index contributed by atoms with van der Waals surface area (Å²) in [5, 5.41) is 0. The van der Waals surface area contributed by atoms with Gasteiger partial charge in [-0.25, -0.2) is 0 Å². The van der Waals surface area contributed by atoms with Crippen LogP contribution < -0.4 is 5.73 Å². The molecule has 0 spiro atoms. The van der Waals surface area contributed by atoms with Crippen LogP contribution in [0.25, 0.3) is 0 Å². The van der Waals surface area contributed by atoms with E-state index >= 15 is 0 Å². The summed E-state index contributed by atoms with van der Waals surface area (Å²) in [6.45, 7) is 9.05. The van der Waals surface area contributed by atoms with Crippen LogP contribution in [0.15, 0.2) is 24.3 Å². The smallest absolute Gasteiger partial charge is 0.0317 e. The van der Waals surface area contributed by atoms with Crippen molar-refractivity contribution in [1.29, 1.82) is 0 Å². The van der Waals surface area contributed by atoms with Gasteiger partial charge in [0, 0.05) is 18.3 Å². The van der Waals surface area contributed by atoms with Gasteiger partial charge in [-0.3, -0.25) is 4.90 Å². The Kier molecular flexibility index (Phi) is 9.16. The van der Waals surface area contributed by atoms with Crippen LogP contribution in [-0.2, 0) is 6.54 Å². The zero-order valence-corrected chi connectivity index (χ0v) is 14.3. The minimum atomic E-state index is 0.589. The number of hydrogen-bond acceptors (Lipinski definition) is 2. The molecule has 0 saturated heterocycles. The fourth-order valence-electron chi connectivity index (χ4n) is 2.72. The molecule has 0 heterocycles. The Morgan fingerprint density at radius 1 is 1.00 bits per heavy atom. The maximum absolute atomic E-state index is 5.87. The maximum atomic E-state index is 5.87. The molecule has 1 rings (SSSR count). The van der Waals surface area contributed by atoms with Crippen molar-refractivity contribution in [2.45, 2.75) is 78.3 Å². The Balaban J connectivity index is 2.27. The van der Waals surface area contributed by atoms with Crippen LogP contribution in [0, 0.1) is 0 Å². The average molecular weight is 290 g/mol. The number of hydrogen-bond donors (Lipinski definition) is 1. The molecule has 2 N–H and O–H groups in total. The molecule has 1 aromatic carbocycles. The van der Waals surface area contributed by atoms with E-state index in [-0.39, 0.29) is 0 Å². The molecule has 0 saturated carbocycles. The van der Waals surface area contributed by atoms with Crippen molar-refractivity contribution in [2.24, 2.45) is 0 Å². The molecule has 2 nitrogen and oxygen atoms in total. The van der Waals surface area contributed by atoms with Gasteiger partial charge >= 0.3 is 0 Å². The molecule has 2 heteroatoms. The van der Waals surface area contributed by atoms with Gasteiger partial charge in [0.05, 0.1) is 0 Å². The SMILES string of the molecule is CCCCCCCCCN(Cc1cccc(N)c1)C(C)C. The summed E-state index contributed by atoms with van der Waals surface area (Å²) in [5.41, 5.74) is 8.06. The number of rotatable bonds is 11. The minimum Gasteiger partial charge on any atom is -0.399 e. The summed E-state index contributed by atoms with van der Waals surface area (Å²) in [6.07, 6.45) is 9.62. The normalized spacial score (nSPS) is 11.5. The Bertz CT molecular complexity index is 374. The first kappa shape index (κ1) is 18.0. The standard InChI is InChI=1S/C19H34N2/c1-4-5-6-7-8-9-10-14-21(17(2)3)16-18-12-11-13-19(20)15-18/h11-13,15,17H,4-10,14,16,20H2,1-3H3. The maximum Gasteiger partial charge on any atom is 0.0317 e. The number of benzene rings is 1. The van der Waals surface area contributed by atoms with Crippen molar-refractivity contribution in [1.82, 2.24) is 4.90 Å². The summed E-state index contributed by atoms with van der Waals surface area (Å²) in [6, 6.07) is 8.87. The van der Waals surface area contributed by atoms with Crippen LogP contribution in [0.5, 0.6) is 0 Å². The van der Waals surface area contributed by atoms with E-state index in [1.807, 2.05) is 6.07 Å². The van der Waals surface area contributed by atoms with Gasteiger partial charge in [-0.1, -0.05) is 57.6 Å². The zero-order chi connectivity index (χ0) is 15.5. The van der Waals surface area contributed by atoms with Gasteiger partial charge in [-0.2, -0.15) is 0 Å². The summed E-state index contributed by atoms with van der Waals surface area (Å²) in [7, 11) is 0. The van der Waals surface area contributed by atoms with Gasteiger partial charge < -0.3 is 5.73 Å².